The number of hydrogen-bond donors (Lipinski definition) is 1. The van der Waals surface area contributed by atoms with Crippen molar-refractivity contribution in [2.24, 2.45) is 5.92 Å². The van der Waals surface area contributed by atoms with E-state index in [1.807, 2.05) is 13.8 Å². The lowest BCUT2D eigenvalue weighted by molar-refractivity contribution is -0.126. The van der Waals surface area contributed by atoms with Crippen LogP contribution in [0, 0.1) is 5.92 Å². The average Bonchev–Trinajstić information content (AvgIpc) is 2.61. The third-order valence-corrected chi connectivity index (χ3v) is 2.58. The lowest BCUT2D eigenvalue weighted by Gasteiger charge is -2.20. The molecule has 14 heavy (non-hydrogen) atoms. The van der Waals surface area contributed by atoms with Crippen LogP contribution >= 0.6 is 0 Å². The summed E-state index contributed by atoms with van der Waals surface area (Å²) in [6.45, 7) is 7.63. The Morgan fingerprint density at radius 2 is 2.29 bits per heavy atom. The molecule has 0 spiro atoms. The molecule has 1 aliphatic heterocycles. The summed E-state index contributed by atoms with van der Waals surface area (Å²) in [5.74, 6) is 0.377. The Kier molecular flexibility index (Phi) is 4.55. The second-order valence-corrected chi connectivity index (χ2v) is 4.19. The van der Waals surface area contributed by atoms with Crippen molar-refractivity contribution < 1.29 is 9.53 Å². The lowest BCUT2D eigenvalue weighted by atomic mass is 9.99. The highest BCUT2D eigenvalue weighted by Crippen LogP contribution is 2.15. The van der Waals surface area contributed by atoms with Gasteiger partial charge in [0.15, 0.2) is 5.78 Å². The van der Waals surface area contributed by atoms with E-state index in [-0.39, 0.29) is 23.8 Å². The van der Waals surface area contributed by atoms with Crippen LogP contribution in [0.25, 0.3) is 0 Å². The third kappa shape index (κ3) is 2.79. The third-order valence-electron chi connectivity index (χ3n) is 2.58. The molecule has 1 aliphatic rings. The van der Waals surface area contributed by atoms with Gasteiger partial charge < -0.3 is 10.1 Å². The summed E-state index contributed by atoms with van der Waals surface area (Å²) in [5, 5.41) is 3.22. The molecular weight excluding hydrogens is 178 g/mol. The van der Waals surface area contributed by atoms with Gasteiger partial charge in [-0.05, 0) is 19.4 Å². The van der Waals surface area contributed by atoms with Crippen molar-refractivity contribution in [2.75, 3.05) is 13.2 Å². The zero-order chi connectivity index (χ0) is 10.6. The van der Waals surface area contributed by atoms with Crippen molar-refractivity contribution in [3.05, 3.63) is 0 Å². The van der Waals surface area contributed by atoms with E-state index in [4.69, 9.17) is 4.74 Å². The molecule has 0 aliphatic carbocycles. The number of ketones is 1. The van der Waals surface area contributed by atoms with Gasteiger partial charge in [-0.15, -0.1) is 0 Å². The second kappa shape index (κ2) is 5.47. The zero-order valence-corrected chi connectivity index (χ0v) is 9.38. The van der Waals surface area contributed by atoms with E-state index in [0.29, 0.717) is 0 Å². The summed E-state index contributed by atoms with van der Waals surface area (Å²) in [4.78, 5) is 11.8. The van der Waals surface area contributed by atoms with Crippen LogP contribution in [0.3, 0.4) is 0 Å². The first-order chi connectivity index (χ1) is 6.66. The number of Topliss-reactive ketones (excluding diaryl/α,β-unsaturated/α-hetero) is 1. The van der Waals surface area contributed by atoms with Gasteiger partial charge in [-0.3, -0.25) is 4.79 Å². The minimum Gasteiger partial charge on any atom is -0.376 e. The first kappa shape index (κ1) is 11.7. The van der Waals surface area contributed by atoms with Crippen LogP contribution in [0.1, 0.15) is 33.6 Å². The van der Waals surface area contributed by atoms with Crippen LogP contribution in [-0.2, 0) is 9.53 Å². The quantitative estimate of drug-likeness (QED) is 0.726. The van der Waals surface area contributed by atoms with E-state index in [9.17, 15) is 4.79 Å². The highest BCUT2D eigenvalue weighted by Gasteiger charge is 2.33. The van der Waals surface area contributed by atoms with E-state index < -0.39 is 0 Å². The minimum absolute atomic E-state index is 0.0680. The topological polar surface area (TPSA) is 38.3 Å². The molecule has 0 aromatic heterocycles. The van der Waals surface area contributed by atoms with E-state index in [1.165, 1.54) is 0 Å². The molecule has 1 rings (SSSR count). The number of nitrogens with one attached hydrogen (secondary N) is 1. The molecule has 3 nitrogen and oxygen atoms in total. The Labute approximate surface area is 86.2 Å². The fourth-order valence-corrected chi connectivity index (χ4v) is 1.77. The maximum atomic E-state index is 11.8. The number of rotatable bonds is 5. The van der Waals surface area contributed by atoms with Crippen LogP contribution in [0.2, 0.25) is 0 Å². The molecule has 0 amide bonds. The number of carbonyl (C=O) groups excluding carboxylic acids is 1. The van der Waals surface area contributed by atoms with Gasteiger partial charge in [0, 0.05) is 12.5 Å². The Bertz CT molecular complexity index is 192. The zero-order valence-electron chi connectivity index (χ0n) is 9.38. The van der Waals surface area contributed by atoms with Crippen LogP contribution in [-0.4, -0.2) is 31.1 Å². The van der Waals surface area contributed by atoms with Gasteiger partial charge in [0.1, 0.15) is 0 Å². The molecule has 2 unspecified atom stereocenters. The van der Waals surface area contributed by atoms with Crippen molar-refractivity contribution in [3.8, 4) is 0 Å². The number of carbonyl (C=O) groups is 1. The number of hydrogen-bond acceptors (Lipinski definition) is 3. The van der Waals surface area contributed by atoms with E-state index >= 15 is 0 Å². The highest BCUT2D eigenvalue weighted by atomic mass is 16.5. The molecular formula is C11H21NO2. The van der Waals surface area contributed by atoms with Gasteiger partial charge >= 0.3 is 0 Å². The van der Waals surface area contributed by atoms with Crippen molar-refractivity contribution in [1.82, 2.24) is 5.32 Å². The number of ether oxygens (including phenoxy) is 1. The van der Waals surface area contributed by atoms with Gasteiger partial charge in [-0.1, -0.05) is 20.8 Å². The summed E-state index contributed by atoms with van der Waals surface area (Å²) in [5.41, 5.74) is 0. The van der Waals surface area contributed by atoms with Crippen LogP contribution in [0.15, 0.2) is 0 Å². The summed E-state index contributed by atoms with van der Waals surface area (Å²) < 4.78 is 5.65. The van der Waals surface area contributed by atoms with E-state index in [1.54, 1.807) is 0 Å². The molecule has 0 aromatic rings. The molecule has 0 radical (unpaired) electrons. The highest BCUT2D eigenvalue weighted by molar-refractivity contribution is 5.86. The normalized spacial score (nSPS) is 27.1. The van der Waals surface area contributed by atoms with Gasteiger partial charge in [-0.25, -0.2) is 0 Å². The van der Waals surface area contributed by atoms with Crippen molar-refractivity contribution in [1.29, 1.82) is 0 Å². The van der Waals surface area contributed by atoms with Crippen LogP contribution in [0.4, 0.5) is 0 Å². The summed E-state index contributed by atoms with van der Waals surface area (Å²) >= 11 is 0. The molecule has 1 saturated heterocycles. The first-order valence-electron chi connectivity index (χ1n) is 5.55. The molecule has 0 bridgehead atoms. The van der Waals surface area contributed by atoms with Gasteiger partial charge in [0.2, 0.25) is 0 Å². The molecule has 0 saturated carbocycles. The maximum absolute atomic E-state index is 11.8. The first-order valence-corrected chi connectivity index (χ1v) is 5.55. The van der Waals surface area contributed by atoms with Gasteiger partial charge in [0.05, 0.1) is 12.1 Å². The molecule has 1 N–H and O–H groups in total. The molecule has 1 heterocycles. The molecule has 0 aromatic carbocycles. The summed E-state index contributed by atoms with van der Waals surface area (Å²) in [7, 11) is 0. The van der Waals surface area contributed by atoms with E-state index in [0.717, 1.165) is 26.0 Å². The largest absolute Gasteiger partial charge is 0.376 e. The van der Waals surface area contributed by atoms with Gasteiger partial charge in [0.25, 0.3) is 0 Å². The average molecular weight is 199 g/mol. The molecule has 82 valence electrons. The van der Waals surface area contributed by atoms with Gasteiger partial charge in [-0.2, -0.15) is 0 Å². The molecule has 3 heteroatoms. The Hall–Kier alpha value is -0.410. The second-order valence-electron chi connectivity index (χ2n) is 4.19. The SMILES string of the molecule is CCCOC1CCNC1C(=O)C(C)C. The smallest absolute Gasteiger partial charge is 0.154 e. The predicted octanol–water partition coefficient (Wildman–Crippen LogP) is 1.37. The Balaban J connectivity index is 2.46. The maximum Gasteiger partial charge on any atom is 0.154 e. The van der Waals surface area contributed by atoms with Crippen molar-refractivity contribution in [2.45, 2.75) is 45.8 Å². The van der Waals surface area contributed by atoms with Crippen molar-refractivity contribution in [3.63, 3.8) is 0 Å². The standard InChI is InChI=1S/C11H21NO2/c1-4-7-14-9-5-6-12-10(9)11(13)8(2)3/h8-10,12H,4-7H2,1-3H3. The Morgan fingerprint density at radius 1 is 1.57 bits per heavy atom. The fraction of sp³-hybridized carbons (Fsp3) is 0.909. The summed E-state index contributed by atoms with van der Waals surface area (Å²) in [6.07, 6.45) is 2.08. The van der Waals surface area contributed by atoms with E-state index in [2.05, 4.69) is 12.2 Å². The Morgan fingerprint density at radius 3 is 2.86 bits per heavy atom. The molecule has 2 atom stereocenters. The minimum atomic E-state index is -0.0680. The van der Waals surface area contributed by atoms with Crippen LogP contribution < -0.4 is 5.32 Å². The summed E-state index contributed by atoms with van der Waals surface area (Å²) in [6, 6.07) is -0.0680. The predicted molar refractivity (Wildman–Crippen MR) is 56.3 cm³/mol. The fourth-order valence-electron chi connectivity index (χ4n) is 1.77. The monoisotopic (exact) mass is 199 g/mol. The van der Waals surface area contributed by atoms with Crippen molar-refractivity contribution >= 4 is 5.78 Å². The lowest BCUT2D eigenvalue weighted by Crippen LogP contribution is -2.42. The van der Waals surface area contributed by atoms with Crippen LogP contribution in [0.5, 0.6) is 0 Å². The molecule has 1 fully saturated rings.